The summed E-state index contributed by atoms with van der Waals surface area (Å²) >= 11 is 1.56. The Balaban J connectivity index is 1.93. The van der Waals surface area contributed by atoms with Crippen molar-refractivity contribution in [2.75, 3.05) is 13.1 Å². The van der Waals surface area contributed by atoms with Crippen LogP contribution in [0.4, 0.5) is 0 Å². The van der Waals surface area contributed by atoms with Crippen LogP contribution in [0, 0.1) is 5.92 Å². The Labute approximate surface area is 150 Å². The Bertz CT molecular complexity index is 540. The van der Waals surface area contributed by atoms with Crippen LogP contribution in [-0.4, -0.2) is 29.4 Å². The van der Waals surface area contributed by atoms with E-state index in [1.807, 2.05) is 34.6 Å². The topological polar surface area (TPSA) is 38.3 Å². The number of benzene rings is 1. The first-order valence-corrected chi connectivity index (χ1v) is 9.69. The highest BCUT2D eigenvalue weighted by molar-refractivity contribution is 8.01. The summed E-state index contributed by atoms with van der Waals surface area (Å²) in [4.78, 5) is 13.5. The molecule has 2 rings (SSSR count). The summed E-state index contributed by atoms with van der Waals surface area (Å²) in [7, 11) is 0. The summed E-state index contributed by atoms with van der Waals surface area (Å²) in [5.74, 6) is 0.627. The van der Waals surface area contributed by atoms with Crippen molar-refractivity contribution < 1.29 is 9.53 Å². The second-order valence-electron chi connectivity index (χ2n) is 8.16. The maximum Gasteiger partial charge on any atom is 0.322 e. The van der Waals surface area contributed by atoms with E-state index in [2.05, 4.69) is 29.6 Å². The molecule has 1 fully saturated rings. The molecule has 134 valence electrons. The first-order valence-electron chi connectivity index (χ1n) is 8.88. The number of rotatable bonds is 5. The van der Waals surface area contributed by atoms with E-state index >= 15 is 0 Å². The van der Waals surface area contributed by atoms with Gasteiger partial charge in [-0.3, -0.25) is 4.79 Å². The molecular formula is C20H31NO2S. The smallest absolute Gasteiger partial charge is 0.322 e. The van der Waals surface area contributed by atoms with Gasteiger partial charge in [0.05, 0.1) is 0 Å². The molecule has 3 nitrogen and oxygen atoms in total. The monoisotopic (exact) mass is 349 g/mol. The molecule has 1 aliphatic heterocycles. The molecule has 1 aromatic rings. The molecule has 1 N–H and O–H groups in total. The van der Waals surface area contributed by atoms with Crippen LogP contribution >= 0.6 is 11.8 Å². The number of carbonyl (C=O) groups excluding carboxylic acids is 1. The number of carbonyl (C=O) groups is 1. The van der Waals surface area contributed by atoms with Crippen molar-refractivity contribution in [3.8, 4) is 0 Å². The highest BCUT2D eigenvalue weighted by Gasteiger charge is 2.33. The van der Waals surface area contributed by atoms with Crippen molar-refractivity contribution >= 4 is 17.7 Å². The van der Waals surface area contributed by atoms with Gasteiger partial charge >= 0.3 is 5.97 Å². The number of piperidine rings is 1. The van der Waals surface area contributed by atoms with Crippen LogP contribution in [0.5, 0.6) is 0 Å². The number of hydrogen-bond donors (Lipinski definition) is 1. The van der Waals surface area contributed by atoms with Gasteiger partial charge in [-0.2, -0.15) is 0 Å². The van der Waals surface area contributed by atoms with Gasteiger partial charge in [0.25, 0.3) is 0 Å². The fourth-order valence-electron chi connectivity index (χ4n) is 2.85. The normalized spacial score (nSPS) is 16.9. The van der Waals surface area contributed by atoms with Gasteiger partial charge in [-0.05, 0) is 90.6 Å². The zero-order chi connectivity index (χ0) is 17.8. The first-order chi connectivity index (χ1) is 11.2. The number of esters is 1. The van der Waals surface area contributed by atoms with E-state index in [1.54, 1.807) is 11.8 Å². The van der Waals surface area contributed by atoms with Crippen molar-refractivity contribution in [3.05, 3.63) is 29.8 Å². The van der Waals surface area contributed by atoms with Crippen molar-refractivity contribution in [2.24, 2.45) is 5.92 Å². The molecule has 0 bridgehead atoms. The van der Waals surface area contributed by atoms with Crippen molar-refractivity contribution in [1.82, 2.24) is 5.32 Å². The maximum absolute atomic E-state index is 12.4. The summed E-state index contributed by atoms with van der Waals surface area (Å²) < 4.78 is 4.94. The molecule has 0 aliphatic carbocycles. The van der Waals surface area contributed by atoms with Gasteiger partial charge in [0.15, 0.2) is 0 Å². The molecule has 0 aromatic heterocycles. The molecule has 1 aliphatic rings. The fourth-order valence-corrected chi connectivity index (χ4v) is 3.84. The minimum atomic E-state index is -0.593. The minimum Gasteiger partial charge on any atom is -0.459 e. The van der Waals surface area contributed by atoms with Gasteiger partial charge in [-0.1, -0.05) is 12.1 Å². The Hall–Kier alpha value is -1.00. The molecule has 0 spiro atoms. The third kappa shape index (κ3) is 6.14. The van der Waals surface area contributed by atoms with Gasteiger partial charge in [-0.25, -0.2) is 0 Å². The molecule has 1 saturated heterocycles. The van der Waals surface area contributed by atoms with Crippen LogP contribution in [0.25, 0.3) is 0 Å². The largest absolute Gasteiger partial charge is 0.459 e. The highest BCUT2D eigenvalue weighted by Crippen LogP contribution is 2.35. The third-order valence-corrected chi connectivity index (χ3v) is 5.35. The Kier molecular flexibility index (Phi) is 6.38. The standard InChI is InChI=1S/C20H31NO2S/c1-19(2,3)23-18(22)20(4,5)24-17-8-6-15(7-9-17)14-16-10-12-21-13-11-16/h6-9,16,21H,10-14H2,1-5H3. The lowest BCUT2D eigenvalue weighted by Crippen LogP contribution is -2.36. The fraction of sp³-hybridized carbons (Fsp3) is 0.650. The van der Waals surface area contributed by atoms with E-state index in [9.17, 15) is 4.79 Å². The molecule has 24 heavy (non-hydrogen) atoms. The van der Waals surface area contributed by atoms with E-state index in [-0.39, 0.29) is 5.97 Å². The van der Waals surface area contributed by atoms with Gasteiger partial charge < -0.3 is 10.1 Å². The molecule has 0 unspecified atom stereocenters. The van der Waals surface area contributed by atoms with Crippen LogP contribution in [-0.2, 0) is 16.0 Å². The lowest BCUT2D eigenvalue weighted by molar-refractivity contribution is -0.156. The summed E-state index contributed by atoms with van der Waals surface area (Å²) in [6.07, 6.45) is 3.69. The summed E-state index contributed by atoms with van der Waals surface area (Å²) in [5, 5.41) is 3.41. The third-order valence-electron chi connectivity index (χ3n) is 4.17. The second kappa shape index (κ2) is 7.92. The zero-order valence-corrected chi connectivity index (χ0v) is 16.5. The summed E-state index contributed by atoms with van der Waals surface area (Å²) in [6, 6.07) is 8.67. The maximum atomic E-state index is 12.4. The van der Waals surface area contributed by atoms with E-state index in [4.69, 9.17) is 4.74 Å². The van der Waals surface area contributed by atoms with E-state index in [0.717, 1.165) is 30.3 Å². The molecule has 0 radical (unpaired) electrons. The van der Waals surface area contributed by atoms with Crippen molar-refractivity contribution in [3.63, 3.8) is 0 Å². The Morgan fingerprint density at radius 1 is 1.12 bits per heavy atom. The average molecular weight is 350 g/mol. The Morgan fingerprint density at radius 3 is 2.25 bits per heavy atom. The molecule has 4 heteroatoms. The number of nitrogens with one attached hydrogen (secondary N) is 1. The van der Waals surface area contributed by atoms with Crippen LogP contribution in [0.1, 0.15) is 53.0 Å². The van der Waals surface area contributed by atoms with Gasteiger partial charge in [0.2, 0.25) is 0 Å². The zero-order valence-electron chi connectivity index (χ0n) is 15.6. The minimum absolute atomic E-state index is 0.168. The second-order valence-corrected chi connectivity index (χ2v) is 9.85. The molecule has 1 heterocycles. The number of thioether (sulfide) groups is 1. The van der Waals surface area contributed by atoms with Crippen LogP contribution < -0.4 is 5.32 Å². The van der Waals surface area contributed by atoms with Crippen LogP contribution in [0.15, 0.2) is 29.2 Å². The molecule has 0 atom stereocenters. The predicted octanol–water partition coefficient (Wildman–Crippen LogP) is 4.44. The number of ether oxygens (including phenoxy) is 1. The summed E-state index contributed by atoms with van der Waals surface area (Å²) in [5.41, 5.74) is 0.939. The average Bonchev–Trinajstić information content (AvgIpc) is 2.48. The van der Waals surface area contributed by atoms with Gasteiger partial charge in [0.1, 0.15) is 10.3 Å². The van der Waals surface area contributed by atoms with Crippen molar-refractivity contribution in [1.29, 1.82) is 0 Å². The predicted molar refractivity (Wildman–Crippen MR) is 102 cm³/mol. The highest BCUT2D eigenvalue weighted by atomic mass is 32.2. The Morgan fingerprint density at radius 2 is 1.71 bits per heavy atom. The molecular weight excluding hydrogens is 318 g/mol. The van der Waals surface area contributed by atoms with Crippen LogP contribution in [0.3, 0.4) is 0 Å². The van der Waals surface area contributed by atoms with Crippen LogP contribution in [0.2, 0.25) is 0 Å². The first kappa shape index (κ1) is 19.3. The summed E-state index contributed by atoms with van der Waals surface area (Å²) in [6.45, 7) is 11.8. The molecule has 1 aromatic carbocycles. The van der Waals surface area contributed by atoms with Gasteiger partial charge in [-0.15, -0.1) is 11.8 Å². The quantitative estimate of drug-likeness (QED) is 0.630. The molecule has 0 amide bonds. The lowest BCUT2D eigenvalue weighted by Gasteiger charge is -2.28. The number of hydrogen-bond acceptors (Lipinski definition) is 4. The molecule has 0 saturated carbocycles. The van der Waals surface area contributed by atoms with E-state index in [0.29, 0.717) is 0 Å². The van der Waals surface area contributed by atoms with E-state index < -0.39 is 10.3 Å². The lowest BCUT2D eigenvalue weighted by atomic mass is 9.91. The van der Waals surface area contributed by atoms with E-state index in [1.165, 1.54) is 18.4 Å². The van der Waals surface area contributed by atoms with Gasteiger partial charge in [0, 0.05) is 4.90 Å². The van der Waals surface area contributed by atoms with Crippen molar-refractivity contribution in [2.45, 2.75) is 69.1 Å². The SMILES string of the molecule is CC(C)(C)OC(=O)C(C)(C)Sc1ccc(CC2CCNCC2)cc1.